The van der Waals surface area contributed by atoms with Crippen LogP contribution >= 0.6 is 0 Å². The van der Waals surface area contributed by atoms with Crippen molar-refractivity contribution in [1.29, 1.82) is 5.26 Å². The van der Waals surface area contributed by atoms with Crippen molar-refractivity contribution in [2.75, 3.05) is 20.2 Å². The second kappa shape index (κ2) is 11.1. The summed E-state index contributed by atoms with van der Waals surface area (Å²) >= 11 is 0. The number of aromatic hydroxyl groups is 1. The number of phenolic OH excluding ortho intramolecular Hbond substituents is 1. The molecular weight excluding hydrogens is 442 g/mol. The Hall–Kier alpha value is -3.73. The second-order valence-corrected chi connectivity index (χ2v) is 9.49. The van der Waals surface area contributed by atoms with Crippen molar-refractivity contribution in [1.82, 2.24) is 16.0 Å². The van der Waals surface area contributed by atoms with E-state index >= 15 is 0 Å². The number of guanidine groups is 1. The molecule has 2 aliphatic carbocycles. The third-order valence-electron chi connectivity index (χ3n) is 7.13. The molecule has 2 aliphatic rings. The molecule has 0 spiro atoms. The van der Waals surface area contributed by atoms with E-state index in [2.05, 4.69) is 33.1 Å². The minimum atomic E-state index is -0.358. The molecule has 35 heavy (non-hydrogen) atoms. The Morgan fingerprint density at radius 1 is 1.11 bits per heavy atom. The number of nitriles is 1. The molecule has 184 valence electrons. The van der Waals surface area contributed by atoms with Gasteiger partial charge in [-0.3, -0.25) is 4.79 Å². The van der Waals surface area contributed by atoms with Gasteiger partial charge in [0.05, 0.1) is 7.11 Å². The number of carbonyl (C=O) groups excluding carboxylic acids is 1. The smallest absolute Gasteiger partial charge is 0.258 e. The fraction of sp³-hybridized carbons (Fsp3) is 0.444. The predicted molar refractivity (Wildman–Crippen MR) is 134 cm³/mol. The number of rotatable bonds is 8. The van der Waals surface area contributed by atoms with Crippen molar-refractivity contribution in [2.45, 2.75) is 50.0 Å². The first-order chi connectivity index (χ1) is 17.0. The van der Waals surface area contributed by atoms with Crippen LogP contribution in [0.3, 0.4) is 0 Å². The lowest BCUT2D eigenvalue weighted by molar-refractivity contribution is 0.0929. The van der Waals surface area contributed by atoms with Gasteiger partial charge in [-0.05, 0) is 62.1 Å². The molecule has 0 aliphatic heterocycles. The van der Waals surface area contributed by atoms with E-state index in [4.69, 9.17) is 10.00 Å². The van der Waals surface area contributed by atoms with E-state index in [1.165, 1.54) is 31.6 Å². The number of ether oxygens (including phenoxy) is 1. The number of methoxy groups -OCH3 is 1. The Labute approximate surface area is 206 Å². The summed E-state index contributed by atoms with van der Waals surface area (Å²) in [5.74, 6) is 1.11. The van der Waals surface area contributed by atoms with Crippen LogP contribution < -0.4 is 20.7 Å². The summed E-state index contributed by atoms with van der Waals surface area (Å²) < 4.78 is 5.29. The van der Waals surface area contributed by atoms with E-state index in [-0.39, 0.29) is 28.7 Å². The lowest BCUT2D eigenvalue weighted by Gasteiger charge is -2.41. The van der Waals surface area contributed by atoms with Crippen molar-refractivity contribution >= 4 is 11.9 Å². The largest absolute Gasteiger partial charge is 0.507 e. The van der Waals surface area contributed by atoms with Gasteiger partial charge in [0.1, 0.15) is 17.1 Å². The monoisotopic (exact) mass is 475 g/mol. The highest BCUT2D eigenvalue weighted by Crippen LogP contribution is 2.39. The number of hydrogen-bond donors (Lipinski definition) is 4. The second-order valence-electron chi connectivity index (χ2n) is 9.49. The third kappa shape index (κ3) is 6.04. The van der Waals surface area contributed by atoms with E-state index in [1.807, 2.05) is 24.4 Å². The highest BCUT2D eigenvalue weighted by atomic mass is 16.5. The van der Waals surface area contributed by atoms with Crippen LogP contribution in [0.2, 0.25) is 0 Å². The maximum atomic E-state index is 13.1. The molecule has 2 fully saturated rings. The van der Waals surface area contributed by atoms with Gasteiger partial charge >= 0.3 is 0 Å². The van der Waals surface area contributed by atoms with E-state index in [0.29, 0.717) is 24.2 Å². The van der Waals surface area contributed by atoms with Crippen LogP contribution in [-0.2, 0) is 5.41 Å². The first-order valence-electron chi connectivity index (χ1n) is 12.2. The van der Waals surface area contributed by atoms with Crippen LogP contribution in [0.4, 0.5) is 0 Å². The summed E-state index contributed by atoms with van der Waals surface area (Å²) in [6, 6.07) is 15.2. The van der Waals surface area contributed by atoms with Crippen LogP contribution in [0.5, 0.6) is 11.5 Å². The molecule has 8 heteroatoms. The highest BCUT2D eigenvalue weighted by Gasteiger charge is 2.38. The molecule has 0 unspecified atom stereocenters. The molecular formula is C27H33N5O3. The average Bonchev–Trinajstić information content (AvgIpc) is 3.72. The van der Waals surface area contributed by atoms with E-state index < -0.39 is 0 Å². The number of nitrogens with one attached hydrogen (secondary N) is 3. The van der Waals surface area contributed by atoms with Gasteiger partial charge in [-0.2, -0.15) is 5.26 Å². The third-order valence-corrected chi connectivity index (χ3v) is 7.13. The number of aliphatic imine (C=N–C) groups is 1. The van der Waals surface area contributed by atoms with Crippen molar-refractivity contribution in [3.63, 3.8) is 0 Å². The number of hydrogen-bond acceptors (Lipinski definition) is 5. The molecule has 4 N–H and O–H groups in total. The summed E-state index contributed by atoms with van der Waals surface area (Å²) in [5, 5.41) is 29.1. The first-order valence-corrected chi connectivity index (χ1v) is 12.2. The zero-order chi connectivity index (χ0) is 24.7. The number of amides is 1. The molecule has 0 radical (unpaired) electrons. The van der Waals surface area contributed by atoms with E-state index in [1.54, 1.807) is 12.1 Å². The molecule has 0 atom stereocenters. The number of phenols is 1. The lowest BCUT2D eigenvalue weighted by atomic mass is 9.68. The van der Waals surface area contributed by atoms with Crippen LogP contribution in [0, 0.1) is 17.4 Å². The maximum absolute atomic E-state index is 13.1. The Morgan fingerprint density at radius 2 is 1.86 bits per heavy atom. The minimum Gasteiger partial charge on any atom is -0.507 e. The van der Waals surface area contributed by atoms with Gasteiger partial charge < -0.3 is 25.8 Å². The zero-order valence-corrected chi connectivity index (χ0v) is 20.1. The van der Waals surface area contributed by atoms with Crippen LogP contribution in [0.25, 0.3) is 0 Å². The molecule has 1 amide bonds. The van der Waals surface area contributed by atoms with Crippen molar-refractivity contribution < 1.29 is 14.6 Å². The Morgan fingerprint density at radius 3 is 2.51 bits per heavy atom. The molecule has 2 saturated carbocycles. The summed E-state index contributed by atoms with van der Waals surface area (Å²) in [5.41, 5.74) is 1.09. The first kappa shape index (κ1) is 24.4. The van der Waals surface area contributed by atoms with Gasteiger partial charge in [-0.25, -0.2) is 0 Å². The maximum Gasteiger partial charge on any atom is 0.258 e. The molecule has 4 rings (SSSR count). The molecule has 0 heterocycles. The molecule has 2 aromatic rings. The van der Waals surface area contributed by atoms with Gasteiger partial charge in [-0.15, -0.1) is 4.99 Å². The topological polar surface area (TPSA) is 119 Å². The quantitative estimate of drug-likeness (QED) is 0.264. The van der Waals surface area contributed by atoms with Gasteiger partial charge in [0.15, 0.2) is 0 Å². The molecule has 0 saturated heterocycles. The highest BCUT2D eigenvalue weighted by molar-refractivity contribution is 5.99. The number of benzene rings is 2. The Bertz CT molecular complexity index is 1080. The van der Waals surface area contributed by atoms with Gasteiger partial charge in [0, 0.05) is 24.5 Å². The molecule has 8 nitrogen and oxygen atoms in total. The summed E-state index contributed by atoms with van der Waals surface area (Å²) in [6.07, 6.45) is 7.81. The zero-order valence-electron chi connectivity index (χ0n) is 20.1. The standard InChI is InChI=1S/C27H33N5O3/c1-35-23-9-5-8-22(33)24(23)25(34)30-17-27(20-6-3-2-4-7-20)14-12-21(13-15-27)32-26(31-18-28)29-16-19-10-11-19/h2-9,19,21,33H,10-17H2,1H3,(H,30,34)(H2,29,31,32)/t21-,27+. The van der Waals surface area contributed by atoms with E-state index in [0.717, 1.165) is 32.2 Å². The normalized spacial score (nSPS) is 22.1. The van der Waals surface area contributed by atoms with E-state index in [9.17, 15) is 9.90 Å². The summed E-state index contributed by atoms with van der Waals surface area (Å²) in [4.78, 5) is 17.0. The van der Waals surface area contributed by atoms with Gasteiger partial charge in [-0.1, -0.05) is 36.4 Å². The Balaban J connectivity index is 1.44. The summed E-state index contributed by atoms with van der Waals surface area (Å²) in [7, 11) is 1.48. The molecule has 0 aromatic heterocycles. The predicted octanol–water partition coefficient (Wildman–Crippen LogP) is 3.44. The molecule has 2 aromatic carbocycles. The van der Waals surface area contributed by atoms with Gasteiger partial charge in [0.2, 0.25) is 12.2 Å². The Kier molecular flexibility index (Phi) is 7.76. The van der Waals surface area contributed by atoms with Crippen LogP contribution in [-0.4, -0.2) is 43.2 Å². The van der Waals surface area contributed by atoms with Crippen molar-refractivity contribution in [3.8, 4) is 17.7 Å². The summed E-state index contributed by atoms with van der Waals surface area (Å²) in [6.45, 7) is 1.29. The fourth-order valence-corrected chi connectivity index (χ4v) is 4.86. The molecule has 0 bridgehead atoms. The lowest BCUT2D eigenvalue weighted by Crippen LogP contribution is -2.50. The average molecular weight is 476 g/mol. The number of nitrogens with zero attached hydrogens (tertiary/aromatic N) is 2. The minimum absolute atomic E-state index is 0.105. The SMILES string of the molecule is COc1cccc(O)c1C(=O)NC[C@]1(c2ccccc2)CC[C@@H](N/C(=N/C#N)NCC2CC2)CC1. The number of carbonyl (C=O) groups is 1. The van der Waals surface area contributed by atoms with Gasteiger partial charge in [0.25, 0.3) is 5.91 Å². The van der Waals surface area contributed by atoms with Crippen molar-refractivity contribution in [3.05, 3.63) is 59.7 Å². The van der Waals surface area contributed by atoms with Crippen molar-refractivity contribution in [2.24, 2.45) is 10.9 Å². The fourth-order valence-electron chi connectivity index (χ4n) is 4.86. The van der Waals surface area contributed by atoms with Crippen LogP contribution in [0.1, 0.15) is 54.4 Å². The van der Waals surface area contributed by atoms with Crippen LogP contribution in [0.15, 0.2) is 53.5 Å².